The standard InChI is InChI=1S/C5H6INO4/c6-11-5(10)7-1-3(2-7)4(8)9/h3H,1-2H2,(H,8,9). The first-order chi connectivity index (χ1) is 5.15. The summed E-state index contributed by atoms with van der Waals surface area (Å²) in [6.45, 7) is 0.522. The first kappa shape index (κ1) is 8.57. The molecule has 0 atom stereocenters. The van der Waals surface area contributed by atoms with Crippen LogP contribution in [0.3, 0.4) is 0 Å². The van der Waals surface area contributed by atoms with Gasteiger partial charge in [0.15, 0.2) is 23.0 Å². The van der Waals surface area contributed by atoms with Crippen LogP contribution in [0.15, 0.2) is 0 Å². The second-order valence-corrected chi connectivity index (χ2v) is 2.72. The number of hydrogen-bond donors (Lipinski definition) is 1. The Morgan fingerprint density at radius 1 is 1.55 bits per heavy atom. The van der Waals surface area contributed by atoms with E-state index >= 15 is 0 Å². The maximum Gasteiger partial charge on any atom is 0.419 e. The summed E-state index contributed by atoms with van der Waals surface area (Å²) >= 11 is 1.47. The number of nitrogens with zero attached hydrogens (tertiary/aromatic N) is 1. The van der Waals surface area contributed by atoms with Crippen molar-refractivity contribution in [3.63, 3.8) is 0 Å². The van der Waals surface area contributed by atoms with E-state index in [9.17, 15) is 9.59 Å². The van der Waals surface area contributed by atoms with Gasteiger partial charge in [-0.2, -0.15) is 0 Å². The van der Waals surface area contributed by atoms with Crippen molar-refractivity contribution >= 4 is 35.1 Å². The van der Waals surface area contributed by atoms with E-state index in [1.165, 1.54) is 27.9 Å². The fraction of sp³-hybridized carbons (Fsp3) is 0.600. The number of likely N-dealkylation sites (tertiary alicyclic amines) is 1. The van der Waals surface area contributed by atoms with Gasteiger partial charge >= 0.3 is 12.1 Å². The van der Waals surface area contributed by atoms with Crippen molar-refractivity contribution in [3.8, 4) is 0 Å². The zero-order chi connectivity index (χ0) is 8.43. The molecule has 11 heavy (non-hydrogen) atoms. The zero-order valence-electron chi connectivity index (χ0n) is 5.49. The summed E-state index contributed by atoms with van der Waals surface area (Å²) in [7, 11) is 0. The highest BCUT2D eigenvalue weighted by Gasteiger charge is 2.36. The molecular formula is C5H6INO4. The molecule has 1 N–H and O–H groups in total. The Morgan fingerprint density at radius 2 is 2.09 bits per heavy atom. The van der Waals surface area contributed by atoms with Crippen LogP contribution >= 0.6 is 23.0 Å². The molecule has 62 valence electrons. The molecule has 0 saturated carbocycles. The molecule has 0 aromatic heterocycles. The van der Waals surface area contributed by atoms with Gasteiger partial charge in [-0.05, 0) is 0 Å². The number of amides is 1. The van der Waals surface area contributed by atoms with Gasteiger partial charge in [-0.1, -0.05) is 0 Å². The molecule has 1 aliphatic rings. The normalized spacial score (nSPS) is 17.4. The SMILES string of the molecule is O=C(O)C1CN(C(=O)OI)C1. The number of carbonyl (C=O) groups is 2. The van der Waals surface area contributed by atoms with Gasteiger partial charge in [0.1, 0.15) is 0 Å². The molecule has 1 heterocycles. The first-order valence-corrected chi connectivity index (χ1v) is 3.83. The van der Waals surface area contributed by atoms with Crippen molar-refractivity contribution in [3.05, 3.63) is 0 Å². The largest absolute Gasteiger partial charge is 0.481 e. The van der Waals surface area contributed by atoms with Crippen molar-refractivity contribution in [2.75, 3.05) is 13.1 Å². The third kappa shape index (κ3) is 1.73. The summed E-state index contributed by atoms with van der Waals surface area (Å²) in [5.74, 6) is -1.27. The molecule has 0 bridgehead atoms. The summed E-state index contributed by atoms with van der Waals surface area (Å²) in [5.41, 5.74) is 0. The number of hydrogen-bond acceptors (Lipinski definition) is 3. The maximum atomic E-state index is 10.7. The van der Waals surface area contributed by atoms with E-state index < -0.39 is 18.0 Å². The van der Waals surface area contributed by atoms with Crippen LogP contribution in [-0.4, -0.2) is 35.2 Å². The fourth-order valence-electron chi connectivity index (χ4n) is 0.833. The van der Waals surface area contributed by atoms with Crippen LogP contribution in [-0.2, 0) is 7.86 Å². The van der Waals surface area contributed by atoms with Gasteiger partial charge < -0.3 is 13.1 Å². The van der Waals surface area contributed by atoms with Crippen LogP contribution < -0.4 is 0 Å². The third-order valence-electron chi connectivity index (χ3n) is 1.55. The number of halogens is 1. The number of carboxylic acids is 1. The van der Waals surface area contributed by atoms with Crippen LogP contribution in [0.1, 0.15) is 0 Å². The van der Waals surface area contributed by atoms with E-state index in [2.05, 4.69) is 3.07 Å². The summed E-state index contributed by atoms with van der Waals surface area (Å²) < 4.78 is 4.35. The highest BCUT2D eigenvalue weighted by Crippen LogP contribution is 2.16. The Labute approximate surface area is 77.0 Å². The van der Waals surface area contributed by atoms with Crippen molar-refractivity contribution < 1.29 is 17.8 Å². The highest BCUT2D eigenvalue weighted by atomic mass is 127. The number of aliphatic carboxylic acids is 1. The summed E-state index contributed by atoms with van der Waals surface area (Å²) in [6, 6.07) is 0. The van der Waals surface area contributed by atoms with Crippen molar-refractivity contribution in [1.82, 2.24) is 4.90 Å². The summed E-state index contributed by atoms with van der Waals surface area (Å²) in [4.78, 5) is 22.3. The highest BCUT2D eigenvalue weighted by molar-refractivity contribution is 14.1. The molecule has 0 spiro atoms. The lowest BCUT2D eigenvalue weighted by atomic mass is 10.0. The topological polar surface area (TPSA) is 66.8 Å². The smallest absolute Gasteiger partial charge is 0.419 e. The van der Waals surface area contributed by atoms with E-state index in [1.54, 1.807) is 0 Å². The predicted molar refractivity (Wildman–Crippen MR) is 43.2 cm³/mol. The van der Waals surface area contributed by atoms with Gasteiger partial charge in [-0.25, -0.2) is 4.79 Å². The molecule has 1 saturated heterocycles. The van der Waals surface area contributed by atoms with Gasteiger partial charge in [0, 0.05) is 13.1 Å². The van der Waals surface area contributed by atoms with E-state index in [-0.39, 0.29) is 13.1 Å². The van der Waals surface area contributed by atoms with Gasteiger partial charge in [0.05, 0.1) is 5.92 Å². The molecule has 0 aromatic rings. The molecule has 5 nitrogen and oxygen atoms in total. The quantitative estimate of drug-likeness (QED) is 0.705. The second-order valence-electron chi connectivity index (χ2n) is 2.28. The van der Waals surface area contributed by atoms with Gasteiger partial charge in [-0.15, -0.1) is 0 Å². The third-order valence-corrected chi connectivity index (χ3v) is 1.93. The van der Waals surface area contributed by atoms with Gasteiger partial charge in [0.2, 0.25) is 0 Å². The average Bonchev–Trinajstić information content (AvgIpc) is 1.83. The maximum absolute atomic E-state index is 10.7. The molecular weight excluding hydrogens is 265 g/mol. The van der Waals surface area contributed by atoms with E-state index in [0.29, 0.717) is 0 Å². The lowest BCUT2D eigenvalue weighted by Gasteiger charge is -2.34. The Kier molecular flexibility index (Phi) is 2.53. The molecule has 0 aromatic carbocycles. The molecule has 0 radical (unpaired) electrons. The van der Waals surface area contributed by atoms with Crippen LogP contribution in [0.2, 0.25) is 0 Å². The Morgan fingerprint density at radius 3 is 2.45 bits per heavy atom. The minimum Gasteiger partial charge on any atom is -0.481 e. The first-order valence-electron chi connectivity index (χ1n) is 2.95. The Balaban J connectivity index is 2.29. The van der Waals surface area contributed by atoms with Crippen LogP contribution in [0.4, 0.5) is 4.79 Å². The van der Waals surface area contributed by atoms with Crippen molar-refractivity contribution in [2.45, 2.75) is 0 Å². The predicted octanol–water partition coefficient (Wildman–Crippen LogP) is 0.489. The van der Waals surface area contributed by atoms with Gasteiger partial charge in [0.25, 0.3) is 0 Å². The Hall–Kier alpha value is -0.530. The fourth-order valence-corrected chi connectivity index (χ4v) is 1.11. The van der Waals surface area contributed by atoms with E-state index in [4.69, 9.17) is 5.11 Å². The lowest BCUT2D eigenvalue weighted by molar-refractivity contribution is -0.146. The number of rotatable bonds is 1. The van der Waals surface area contributed by atoms with Crippen LogP contribution in [0, 0.1) is 5.92 Å². The van der Waals surface area contributed by atoms with E-state index in [0.717, 1.165) is 0 Å². The molecule has 0 aliphatic carbocycles. The van der Waals surface area contributed by atoms with Crippen LogP contribution in [0.5, 0.6) is 0 Å². The number of carbonyl (C=O) groups excluding carboxylic acids is 1. The zero-order valence-corrected chi connectivity index (χ0v) is 7.65. The second kappa shape index (κ2) is 3.24. The molecule has 1 rings (SSSR count). The van der Waals surface area contributed by atoms with Crippen molar-refractivity contribution in [1.29, 1.82) is 0 Å². The molecule has 6 heteroatoms. The molecule has 0 unspecified atom stereocenters. The lowest BCUT2D eigenvalue weighted by Crippen LogP contribution is -2.52. The van der Waals surface area contributed by atoms with Crippen molar-refractivity contribution in [2.24, 2.45) is 5.92 Å². The minimum atomic E-state index is -0.859. The molecule has 1 fully saturated rings. The van der Waals surface area contributed by atoms with E-state index in [1.807, 2.05) is 0 Å². The monoisotopic (exact) mass is 271 g/mol. The molecule has 1 amide bonds. The minimum absolute atomic E-state index is 0.261. The number of carboxylic acid groups (broad SMARTS) is 1. The summed E-state index contributed by atoms with van der Waals surface area (Å²) in [6.07, 6.45) is -0.469. The average molecular weight is 271 g/mol. The molecule has 1 aliphatic heterocycles. The van der Waals surface area contributed by atoms with Gasteiger partial charge in [-0.3, -0.25) is 4.79 Å². The van der Waals surface area contributed by atoms with Crippen LogP contribution in [0.25, 0.3) is 0 Å². The Bertz CT molecular complexity index is 189. The summed E-state index contributed by atoms with van der Waals surface area (Å²) in [5, 5.41) is 8.42.